The lowest BCUT2D eigenvalue weighted by Crippen LogP contribution is -1.92. The summed E-state index contributed by atoms with van der Waals surface area (Å²) >= 11 is 5.27. The van der Waals surface area contributed by atoms with E-state index in [1.165, 1.54) is 0 Å². The predicted octanol–water partition coefficient (Wildman–Crippen LogP) is 2.84. The zero-order chi connectivity index (χ0) is 8.43. The van der Waals surface area contributed by atoms with Gasteiger partial charge in [0.05, 0.1) is 0 Å². The third kappa shape index (κ3) is 1.66. The van der Waals surface area contributed by atoms with E-state index in [1.54, 1.807) is 0 Å². The van der Waals surface area contributed by atoms with Gasteiger partial charge >= 0.3 is 0 Å². The van der Waals surface area contributed by atoms with Crippen molar-refractivity contribution < 1.29 is 13.2 Å². The van der Waals surface area contributed by atoms with Gasteiger partial charge in [-0.3, -0.25) is 0 Å². The minimum atomic E-state index is -1.46. The molecule has 0 saturated heterocycles. The van der Waals surface area contributed by atoms with Gasteiger partial charge in [-0.15, -0.1) is 11.6 Å². The summed E-state index contributed by atoms with van der Waals surface area (Å²) in [5.41, 5.74) is 0.225. The van der Waals surface area contributed by atoms with E-state index < -0.39 is 17.5 Å². The highest BCUT2D eigenvalue weighted by atomic mass is 35.5. The first-order valence-electron chi connectivity index (χ1n) is 2.84. The molecule has 0 heterocycles. The molecule has 1 aromatic carbocycles. The quantitative estimate of drug-likeness (QED) is 0.461. The van der Waals surface area contributed by atoms with Crippen molar-refractivity contribution in [2.24, 2.45) is 0 Å². The van der Waals surface area contributed by atoms with Crippen molar-refractivity contribution in [2.75, 3.05) is 0 Å². The lowest BCUT2D eigenvalue weighted by Gasteiger charge is -1.97. The number of rotatable bonds is 1. The molecule has 0 atom stereocenters. The van der Waals surface area contributed by atoms with Crippen LogP contribution in [0.15, 0.2) is 12.1 Å². The van der Waals surface area contributed by atoms with Crippen LogP contribution < -0.4 is 0 Å². The van der Waals surface area contributed by atoms with Gasteiger partial charge in [0.2, 0.25) is 0 Å². The molecule has 4 heteroatoms. The monoisotopic (exact) mass is 180 g/mol. The molecule has 0 unspecified atom stereocenters. The number of alkyl halides is 1. The zero-order valence-corrected chi connectivity index (χ0v) is 6.13. The van der Waals surface area contributed by atoms with E-state index in [1.807, 2.05) is 0 Å². The van der Waals surface area contributed by atoms with E-state index in [0.717, 1.165) is 12.1 Å². The van der Waals surface area contributed by atoms with Crippen LogP contribution in [0.1, 0.15) is 5.56 Å². The first-order valence-corrected chi connectivity index (χ1v) is 3.38. The maximum atomic E-state index is 12.4. The molecule has 0 amide bonds. The van der Waals surface area contributed by atoms with E-state index in [-0.39, 0.29) is 11.4 Å². The normalized spacial score (nSPS) is 10.2. The molecule has 0 aliphatic carbocycles. The molecule has 0 bridgehead atoms. The van der Waals surface area contributed by atoms with Crippen LogP contribution in [0.4, 0.5) is 13.2 Å². The second kappa shape index (κ2) is 3.13. The molecule has 1 rings (SSSR count). The fraction of sp³-hybridized carbons (Fsp3) is 0.143. The third-order valence-electron chi connectivity index (χ3n) is 1.20. The Morgan fingerprint density at radius 3 is 1.91 bits per heavy atom. The van der Waals surface area contributed by atoms with Crippen LogP contribution in [0.2, 0.25) is 0 Å². The van der Waals surface area contributed by atoms with E-state index in [4.69, 9.17) is 11.6 Å². The first kappa shape index (κ1) is 8.40. The standard InChI is InChI=1S/C7H4ClF3/c8-3-4-1-5(9)7(11)6(10)2-4/h1-2H,3H2. The van der Waals surface area contributed by atoms with Crippen molar-refractivity contribution in [1.82, 2.24) is 0 Å². The maximum absolute atomic E-state index is 12.4. The number of halogens is 4. The van der Waals surface area contributed by atoms with Crippen LogP contribution in [-0.2, 0) is 5.88 Å². The van der Waals surface area contributed by atoms with E-state index in [9.17, 15) is 13.2 Å². The molecule has 0 nitrogen and oxygen atoms in total. The van der Waals surface area contributed by atoms with Gasteiger partial charge in [-0.2, -0.15) is 0 Å². The molecule has 0 aromatic heterocycles. The minimum Gasteiger partial charge on any atom is -0.204 e. The van der Waals surface area contributed by atoms with Crippen molar-refractivity contribution in [3.63, 3.8) is 0 Å². The van der Waals surface area contributed by atoms with Crippen molar-refractivity contribution in [3.8, 4) is 0 Å². The number of hydrogen-bond donors (Lipinski definition) is 0. The van der Waals surface area contributed by atoms with Gasteiger partial charge in [-0.1, -0.05) is 0 Å². The fourth-order valence-electron chi connectivity index (χ4n) is 0.685. The van der Waals surface area contributed by atoms with Crippen LogP contribution in [0.5, 0.6) is 0 Å². The van der Waals surface area contributed by atoms with Crippen LogP contribution in [0, 0.1) is 17.5 Å². The highest BCUT2D eigenvalue weighted by Gasteiger charge is 2.09. The van der Waals surface area contributed by atoms with Crippen molar-refractivity contribution in [1.29, 1.82) is 0 Å². The third-order valence-corrected chi connectivity index (χ3v) is 1.51. The molecule has 0 N–H and O–H groups in total. The van der Waals surface area contributed by atoms with Crippen LogP contribution in [0.25, 0.3) is 0 Å². The van der Waals surface area contributed by atoms with E-state index >= 15 is 0 Å². The summed E-state index contributed by atoms with van der Waals surface area (Å²) in [5, 5.41) is 0. The Morgan fingerprint density at radius 2 is 1.55 bits per heavy atom. The molecular formula is C7H4ClF3. The van der Waals surface area contributed by atoms with Gasteiger partial charge in [0.25, 0.3) is 0 Å². The van der Waals surface area contributed by atoms with Crippen molar-refractivity contribution in [3.05, 3.63) is 35.1 Å². The van der Waals surface area contributed by atoms with Gasteiger partial charge in [-0.05, 0) is 17.7 Å². The van der Waals surface area contributed by atoms with Gasteiger partial charge in [0.15, 0.2) is 17.5 Å². The van der Waals surface area contributed by atoms with Crippen LogP contribution >= 0.6 is 11.6 Å². The van der Waals surface area contributed by atoms with Gasteiger partial charge in [-0.25, -0.2) is 13.2 Å². The lowest BCUT2D eigenvalue weighted by atomic mass is 10.2. The highest BCUT2D eigenvalue weighted by molar-refractivity contribution is 6.17. The molecule has 0 radical (unpaired) electrons. The summed E-state index contributed by atoms with van der Waals surface area (Å²) in [6.45, 7) is 0. The van der Waals surface area contributed by atoms with Crippen molar-refractivity contribution in [2.45, 2.75) is 5.88 Å². The van der Waals surface area contributed by atoms with E-state index in [2.05, 4.69) is 0 Å². The fourth-order valence-corrected chi connectivity index (χ4v) is 0.839. The lowest BCUT2D eigenvalue weighted by molar-refractivity contribution is 0.446. The zero-order valence-electron chi connectivity index (χ0n) is 5.37. The Labute approximate surface area is 66.6 Å². The maximum Gasteiger partial charge on any atom is 0.194 e. The molecule has 0 spiro atoms. The van der Waals surface area contributed by atoms with Gasteiger partial charge in [0.1, 0.15) is 0 Å². The molecule has 1 aromatic rings. The van der Waals surface area contributed by atoms with E-state index in [0.29, 0.717) is 0 Å². The summed E-state index contributed by atoms with van der Waals surface area (Å²) in [6.07, 6.45) is 0. The summed E-state index contributed by atoms with van der Waals surface area (Å²) in [7, 11) is 0. The number of benzene rings is 1. The number of hydrogen-bond acceptors (Lipinski definition) is 0. The summed E-state index contributed by atoms with van der Waals surface area (Å²) in [5.74, 6) is -3.91. The smallest absolute Gasteiger partial charge is 0.194 e. The summed E-state index contributed by atoms with van der Waals surface area (Å²) in [4.78, 5) is 0. The molecule has 0 aliphatic heterocycles. The molecule has 0 aliphatic rings. The molecule has 0 fully saturated rings. The second-order valence-corrected chi connectivity index (χ2v) is 2.27. The first-order chi connectivity index (χ1) is 5.15. The SMILES string of the molecule is Fc1cc(CCl)cc(F)c1F. The second-order valence-electron chi connectivity index (χ2n) is 2.01. The molecule has 11 heavy (non-hydrogen) atoms. The molecule has 0 saturated carbocycles. The summed E-state index contributed by atoms with van der Waals surface area (Å²) in [6, 6.07) is 1.73. The van der Waals surface area contributed by atoms with Crippen LogP contribution in [-0.4, -0.2) is 0 Å². The molecule has 60 valence electrons. The topological polar surface area (TPSA) is 0 Å². The Kier molecular flexibility index (Phi) is 2.39. The average molecular weight is 181 g/mol. The molecular weight excluding hydrogens is 177 g/mol. The van der Waals surface area contributed by atoms with Gasteiger partial charge in [0, 0.05) is 5.88 Å². The predicted molar refractivity (Wildman–Crippen MR) is 35.9 cm³/mol. The van der Waals surface area contributed by atoms with Crippen molar-refractivity contribution >= 4 is 11.6 Å². The average Bonchev–Trinajstić information content (AvgIpc) is 1.99. The Morgan fingerprint density at radius 1 is 1.09 bits per heavy atom. The Hall–Kier alpha value is -0.700. The Balaban J connectivity index is 3.21. The van der Waals surface area contributed by atoms with Crippen LogP contribution in [0.3, 0.4) is 0 Å². The Bertz CT molecular complexity index is 249. The minimum absolute atomic E-state index is 0.0336. The largest absolute Gasteiger partial charge is 0.204 e. The highest BCUT2D eigenvalue weighted by Crippen LogP contribution is 2.14. The summed E-state index contributed by atoms with van der Waals surface area (Å²) < 4.78 is 37.0. The van der Waals surface area contributed by atoms with Gasteiger partial charge < -0.3 is 0 Å².